The van der Waals surface area contributed by atoms with Crippen LogP contribution in [0.25, 0.3) is 16.9 Å². The summed E-state index contributed by atoms with van der Waals surface area (Å²) in [5, 5.41) is 13.6. The van der Waals surface area contributed by atoms with Gasteiger partial charge in [-0.3, -0.25) is 4.40 Å². The van der Waals surface area contributed by atoms with Crippen LogP contribution in [0.5, 0.6) is 17.2 Å². The second kappa shape index (κ2) is 6.10. The Morgan fingerprint density at radius 1 is 1.00 bits per heavy atom. The Hall–Kier alpha value is -3.38. The molecule has 0 fully saturated rings. The fourth-order valence-electron chi connectivity index (χ4n) is 3.07. The van der Waals surface area contributed by atoms with Gasteiger partial charge in [-0.05, 0) is 48.5 Å². The maximum absolute atomic E-state index is 9.59. The van der Waals surface area contributed by atoms with E-state index in [-0.39, 0.29) is 12.5 Å². The number of phenolic OH excluding ortho intramolecular Hbond substituents is 1. The van der Waals surface area contributed by atoms with Gasteiger partial charge in [0.2, 0.25) is 6.79 Å². The summed E-state index contributed by atoms with van der Waals surface area (Å²) in [6.07, 6.45) is 1.81. The molecule has 0 bridgehead atoms. The normalized spacial score (nSPS) is 12.5. The summed E-state index contributed by atoms with van der Waals surface area (Å²) in [5.74, 6) is 2.38. The predicted octanol–water partition coefficient (Wildman–Crippen LogP) is 4.83. The van der Waals surface area contributed by atoms with Gasteiger partial charge in [0.1, 0.15) is 22.9 Å². The van der Waals surface area contributed by atoms with Crippen LogP contribution < -0.4 is 14.8 Å². The lowest BCUT2D eigenvalue weighted by Gasteiger charge is -2.10. The van der Waals surface area contributed by atoms with Crippen molar-refractivity contribution in [3.8, 4) is 28.5 Å². The van der Waals surface area contributed by atoms with Crippen LogP contribution in [0.3, 0.4) is 0 Å². The van der Waals surface area contributed by atoms with E-state index in [0.717, 1.165) is 34.2 Å². The molecule has 6 nitrogen and oxygen atoms in total. The number of ether oxygens (including phenoxy) is 2. The first-order chi connectivity index (χ1) is 13.2. The highest BCUT2D eigenvalue weighted by molar-refractivity contribution is 6.30. The molecule has 0 amide bonds. The Kier molecular flexibility index (Phi) is 3.58. The number of halogens is 1. The highest BCUT2D eigenvalue weighted by atomic mass is 35.5. The molecule has 0 spiro atoms. The molecular formula is C20H14ClN3O3. The standard InChI is InChI=1S/C20H14ClN3O3/c21-13-3-8-18-23-19(12-1-5-15(25)6-2-12)20(24(18)10-13)22-14-4-7-16-17(9-14)27-11-26-16/h1-10,22,25H,11H2. The molecule has 7 heteroatoms. The van der Waals surface area contributed by atoms with E-state index < -0.39 is 0 Å². The lowest BCUT2D eigenvalue weighted by Crippen LogP contribution is -1.97. The quantitative estimate of drug-likeness (QED) is 0.533. The van der Waals surface area contributed by atoms with E-state index in [1.807, 2.05) is 47.0 Å². The lowest BCUT2D eigenvalue weighted by atomic mass is 10.1. The Balaban J connectivity index is 1.65. The number of benzene rings is 2. The molecule has 4 aromatic rings. The van der Waals surface area contributed by atoms with Crippen molar-refractivity contribution in [1.82, 2.24) is 9.38 Å². The molecule has 0 atom stereocenters. The third-order valence-electron chi connectivity index (χ3n) is 4.36. The molecule has 2 aromatic heterocycles. The number of hydrogen-bond acceptors (Lipinski definition) is 5. The van der Waals surface area contributed by atoms with Crippen molar-refractivity contribution in [2.75, 3.05) is 12.1 Å². The van der Waals surface area contributed by atoms with E-state index in [1.165, 1.54) is 0 Å². The smallest absolute Gasteiger partial charge is 0.231 e. The second-order valence-electron chi connectivity index (χ2n) is 6.12. The third kappa shape index (κ3) is 2.80. The number of aromatic hydroxyl groups is 1. The van der Waals surface area contributed by atoms with Crippen molar-refractivity contribution in [3.05, 3.63) is 65.8 Å². The van der Waals surface area contributed by atoms with Crippen molar-refractivity contribution >= 4 is 28.8 Å². The van der Waals surface area contributed by atoms with Crippen LogP contribution in [-0.2, 0) is 0 Å². The fourth-order valence-corrected chi connectivity index (χ4v) is 3.23. The van der Waals surface area contributed by atoms with Crippen molar-refractivity contribution in [2.45, 2.75) is 0 Å². The van der Waals surface area contributed by atoms with Gasteiger partial charge in [0, 0.05) is 23.5 Å². The Bertz CT molecular complexity index is 1160. The highest BCUT2D eigenvalue weighted by Gasteiger charge is 2.17. The van der Waals surface area contributed by atoms with Crippen molar-refractivity contribution in [3.63, 3.8) is 0 Å². The minimum atomic E-state index is 0.204. The fraction of sp³-hybridized carbons (Fsp3) is 0.0500. The van der Waals surface area contributed by atoms with Crippen molar-refractivity contribution in [2.24, 2.45) is 0 Å². The molecule has 2 aromatic carbocycles. The molecule has 3 heterocycles. The molecule has 5 rings (SSSR count). The predicted molar refractivity (Wildman–Crippen MR) is 103 cm³/mol. The van der Waals surface area contributed by atoms with Crippen LogP contribution in [0.2, 0.25) is 5.02 Å². The topological polar surface area (TPSA) is 68.0 Å². The Labute approximate surface area is 159 Å². The van der Waals surface area contributed by atoms with Crippen LogP contribution in [0.15, 0.2) is 60.8 Å². The van der Waals surface area contributed by atoms with E-state index >= 15 is 0 Å². The Morgan fingerprint density at radius 2 is 1.81 bits per heavy atom. The second-order valence-corrected chi connectivity index (χ2v) is 6.56. The van der Waals surface area contributed by atoms with Gasteiger partial charge in [-0.2, -0.15) is 0 Å². The van der Waals surface area contributed by atoms with E-state index in [1.54, 1.807) is 18.2 Å². The van der Waals surface area contributed by atoms with E-state index in [9.17, 15) is 5.11 Å². The molecule has 0 unspecified atom stereocenters. The number of phenols is 1. The first-order valence-electron chi connectivity index (χ1n) is 8.31. The highest BCUT2D eigenvalue weighted by Crippen LogP contribution is 2.37. The van der Waals surface area contributed by atoms with E-state index in [4.69, 9.17) is 26.1 Å². The van der Waals surface area contributed by atoms with Gasteiger partial charge < -0.3 is 19.9 Å². The van der Waals surface area contributed by atoms with Crippen LogP contribution in [-0.4, -0.2) is 21.3 Å². The van der Waals surface area contributed by atoms with Crippen molar-refractivity contribution < 1.29 is 14.6 Å². The molecule has 0 saturated heterocycles. The number of anilines is 2. The maximum atomic E-state index is 9.59. The van der Waals surface area contributed by atoms with Gasteiger partial charge >= 0.3 is 0 Å². The van der Waals surface area contributed by atoms with Crippen LogP contribution in [0.1, 0.15) is 0 Å². The van der Waals surface area contributed by atoms with Gasteiger partial charge in [0.15, 0.2) is 11.5 Å². The summed E-state index contributed by atoms with van der Waals surface area (Å²) in [4.78, 5) is 4.73. The summed E-state index contributed by atoms with van der Waals surface area (Å²) in [6.45, 7) is 0.225. The zero-order valence-corrected chi connectivity index (χ0v) is 14.8. The SMILES string of the molecule is Oc1ccc(-c2nc3ccc(Cl)cn3c2Nc2ccc3c(c2)OCO3)cc1. The number of pyridine rings is 1. The van der Waals surface area contributed by atoms with Gasteiger partial charge in [0.25, 0.3) is 0 Å². The first kappa shape index (κ1) is 15.8. The number of imidazole rings is 1. The summed E-state index contributed by atoms with van der Waals surface area (Å²) >= 11 is 6.20. The molecule has 27 heavy (non-hydrogen) atoms. The molecule has 2 N–H and O–H groups in total. The molecule has 1 aliphatic rings. The van der Waals surface area contributed by atoms with E-state index in [2.05, 4.69) is 5.32 Å². The minimum absolute atomic E-state index is 0.204. The summed E-state index contributed by atoms with van der Waals surface area (Å²) in [5.41, 5.74) is 3.21. The number of hydrogen-bond donors (Lipinski definition) is 2. The molecule has 0 aliphatic carbocycles. The molecule has 0 radical (unpaired) electrons. The first-order valence-corrected chi connectivity index (χ1v) is 8.69. The molecule has 0 saturated carbocycles. The average molecular weight is 380 g/mol. The number of nitrogens with one attached hydrogen (secondary N) is 1. The average Bonchev–Trinajstić information content (AvgIpc) is 3.27. The number of rotatable bonds is 3. The lowest BCUT2D eigenvalue weighted by molar-refractivity contribution is 0.174. The zero-order chi connectivity index (χ0) is 18.4. The van der Waals surface area contributed by atoms with Crippen LogP contribution in [0.4, 0.5) is 11.5 Å². The monoisotopic (exact) mass is 379 g/mol. The minimum Gasteiger partial charge on any atom is -0.508 e. The number of nitrogens with zero attached hydrogens (tertiary/aromatic N) is 2. The van der Waals surface area contributed by atoms with Gasteiger partial charge in [-0.25, -0.2) is 4.98 Å². The maximum Gasteiger partial charge on any atom is 0.231 e. The van der Waals surface area contributed by atoms with Gasteiger partial charge in [-0.15, -0.1) is 0 Å². The van der Waals surface area contributed by atoms with Gasteiger partial charge in [-0.1, -0.05) is 11.6 Å². The largest absolute Gasteiger partial charge is 0.508 e. The van der Waals surface area contributed by atoms with Crippen molar-refractivity contribution in [1.29, 1.82) is 0 Å². The van der Waals surface area contributed by atoms with Crippen LogP contribution in [0, 0.1) is 0 Å². The summed E-state index contributed by atoms with van der Waals surface area (Å²) in [6, 6.07) is 16.2. The zero-order valence-electron chi connectivity index (χ0n) is 14.0. The summed E-state index contributed by atoms with van der Waals surface area (Å²) in [7, 11) is 0. The molecular weight excluding hydrogens is 366 g/mol. The summed E-state index contributed by atoms with van der Waals surface area (Å²) < 4.78 is 12.7. The Morgan fingerprint density at radius 3 is 2.67 bits per heavy atom. The molecule has 1 aliphatic heterocycles. The van der Waals surface area contributed by atoms with Crippen LogP contribution >= 0.6 is 11.6 Å². The number of aromatic nitrogens is 2. The van der Waals surface area contributed by atoms with Gasteiger partial charge in [0.05, 0.1) is 5.02 Å². The van der Waals surface area contributed by atoms with E-state index in [0.29, 0.717) is 10.8 Å². The molecule has 134 valence electrons. The third-order valence-corrected chi connectivity index (χ3v) is 4.58. The number of fused-ring (bicyclic) bond motifs is 2.